The molecule has 3 rings (SSSR count). The molecule has 2 aliphatic heterocycles. The van der Waals surface area contributed by atoms with Gasteiger partial charge in [-0.3, -0.25) is 4.90 Å². The summed E-state index contributed by atoms with van der Waals surface area (Å²) in [6.45, 7) is 9.00. The van der Waals surface area contributed by atoms with Gasteiger partial charge in [0, 0.05) is 11.1 Å². The van der Waals surface area contributed by atoms with Crippen LogP contribution < -0.4 is 4.90 Å². The quantitative estimate of drug-likeness (QED) is 0.728. The Labute approximate surface area is 120 Å². The molecule has 3 nitrogen and oxygen atoms in total. The van der Waals surface area contributed by atoms with Gasteiger partial charge in [-0.25, -0.2) is 0 Å². The fourth-order valence-corrected chi connectivity index (χ4v) is 3.91. The number of hydrogen-bond donors (Lipinski definition) is 0. The highest BCUT2D eigenvalue weighted by molar-refractivity contribution is 7.80. The van der Waals surface area contributed by atoms with Crippen LogP contribution in [0.15, 0.2) is 30.3 Å². The van der Waals surface area contributed by atoms with Crippen LogP contribution >= 0.6 is 12.2 Å². The van der Waals surface area contributed by atoms with Crippen LogP contribution in [0, 0.1) is 5.41 Å². The molecule has 0 spiro atoms. The van der Waals surface area contributed by atoms with Gasteiger partial charge in [0.1, 0.15) is 6.17 Å². The minimum atomic E-state index is 0.00174. The lowest BCUT2D eigenvalue weighted by Crippen LogP contribution is -2.45. The standard InChI is InChI=1S/C15H20N2OS/c1-14(2)10-15(3,4)17-12(14)16(13(19)18-17)11-8-6-5-7-9-11/h5-9,12H,10H2,1-4H3. The Bertz CT molecular complexity index is 512. The van der Waals surface area contributed by atoms with E-state index in [-0.39, 0.29) is 17.1 Å². The summed E-state index contributed by atoms with van der Waals surface area (Å²) < 4.78 is 0. The van der Waals surface area contributed by atoms with E-state index >= 15 is 0 Å². The van der Waals surface area contributed by atoms with Crippen LogP contribution in [0.2, 0.25) is 0 Å². The van der Waals surface area contributed by atoms with Gasteiger partial charge in [-0.15, -0.1) is 5.06 Å². The van der Waals surface area contributed by atoms with Crippen LogP contribution in [0.5, 0.6) is 0 Å². The van der Waals surface area contributed by atoms with Crippen molar-refractivity contribution < 1.29 is 4.84 Å². The first kappa shape index (κ1) is 12.9. The summed E-state index contributed by atoms with van der Waals surface area (Å²) in [5.74, 6) is 0. The van der Waals surface area contributed by atoms with E-state index in [1.54, 1.807) is 0 Å². The van der Waals surface area contributed by atoms with Crippen LogP contribution in [0.3, 0.4) is 0 Å². The van der Waals surface area contributed by atoms with Crippen LogP contribution in [0.25, 0.3) is 0 Å². The number of para-hydroxylation sites is 1. The normalized spacial score (nSPS) is 28.3. The largest absolute Gasteiger partial charge is 0.372 e. The van der Waals surface area contributed by atoms with Crippen molar-refractivity contribution in [3.05, 3.63) is 30.3 Å². The molecule has 1 atom stereocenters. The Morgan fingerprint density at radius 3 is 2.42 bits per heavy atom. The van der Waals surface area contributed by atoms with Crippen LogP contribution in [-0.4, -0.2) is 21.9 Å². The Morgan fingerprint density at radius 1 is 1.16 bits per heavy atom. The number of hydrogen-bond acceptors (Lipinski definition) is 3. The third kappa shape index (κ3) is 1.85. The highest BCUT2D eigenvalue weighted by Gasteiger charge is 2.60. The van der Waals surface area contributed by atoms with Gasteiger partial charge in [0.05, 0.1) is 5.54 Å². The lowest BCUT2D eigenvalue weighted by Gasteiger charge is -2.32. The van der Waals surface area contributed by atoms with Gasteiger partial charge in [0.2, 0.25) is 0 Å². The highest BCUT2D eigenvalue weighted by Crippen LogP contribution is 2.51. The van der Waals surface area contributed by atoms with Crippen molar-refractivity contribution in [3.8, 4) is 0 Å². The molecule has 4 heteroatoms. The number of benzene rings is 1. The van der Waals surface area contributed by atoms with Gasteiger partial charge in [0.15, 0.2) is 0 Å². The number of rotatable bonds is 1. The molecule has 0 aliphatic carbocycles. The smallest absolute Gasteiger partial charge is 0.287 e. The van der Waals surface area contributed by atoms with E-state index in [2.05, 4.69) is 49.8 Å². The molecule has 2 aliphatic rings. The second kappa shape index (κ2) is 3.93. The first-order valence-electron chi connectivity index (χ1n) is 6.68. The average molecular weight is 276 g/mol. The molecule has 102 valence electrons. The third-order valence-electron chi connectivity index (χ3n) is 4.06. The highest BCUT2D eigenvalue weighted by atomic mass is 32.1. The topological polar surface area (TPSA) is 15.7 Å². The molecular weight excluding hydrogens is 256 g/mol. The lowest BCUT2D eigenvalue weighted by atomic mass is 9.83. The molecule has 0 amide bonds. The Kier molecular flexibility index (Phi) is 2.67. The number of fused-ring (bicyclic) bond motifs is 1. The fraction of sp³-hybridized carbons (Fsp3) is 0.533. The molecule has 0 radical (unpaired) electrons. The van der Waals surface area contributed by atoms with E-state index in [4.69, 9.17) is 17.1 Å². The van der Waals surface area contributed by atoms with E-state index < -0.39 is 0 Å². The summed E-state index contributed by atoms with van der Waals surface area (Å²) in [6, 6.07) is 10.3. The second-order valence-electron chi connectivity index (χ2n) is 6.74. The molecule has 1 unspecified atom stereocenters. The summed E-state index contributed by atoms with van der Waals surface area (Å²) in [6.07, 6.45) is 1.24. The molecule has 0 aromatic heterocycles. The summed E-state index contributed by atoms with van der Waals surface area (Å²) in [5, 5.41) is 2.62. The van der Waals surface area contributed by atoms with Crippen molar-refractivity contribution in [1.29, 1.82) is 0 Å². The predicted octanol–water partition coefficient (Wildman–Crippen LogP) is 3.56. The van der Waals surface area contributed by atoms with Crippen molar-refractivity contribution in [2.24, 2.45) is 5.41 Å². The van der Waals surface area contributed by atoms with Crippen molar-refractivity contribution in [3.63, 3.8) is 0 Å². The van der Waals surface area contributed by atoms with Gasteiger partial charge >= 0.3 is 0 Å². The summed E-state index contributed by atoms with van der Waals surface area (Å²) in [4.78, 5) is 8.04. The molecule has 1 aromatic rings. The Hall–Kier alpha value is -1.13. The maximum Gasteiger partial charge on any atom is 0.287 e. The molecule has 1 aromatic carbocycles. The lowest BCUT2D eigenvalue weighted by molar-refractivity contribution is -0.122. The van der Waals surface area contributed by atoms with Gasteiger partial charge in [0.25, 0.3) is 5.17 Å². The predicted molar refractivity (Wildman–Crippen MR) is 80.7 cm³/mol. The zero-order valence-electron chi connectivity index (χ0n) is 11.9. The summed E-state index contributed by atoms with van der Waals surface area (Å²) in [7, 11) is 0. The van der Waals surface area contributed by atoms with E-state index in [1.807, 2.05) is 18.2 Å². The SMILES string of the molecule is CC1(C)CC(C)(C)N2OC(=S)N(c3ccccc3)C21. The molecule has 2 saturated heterocycles. The maximum absolute atomic E-state index is 5.89. The van der Waals surface area contributed by atoms with Crippen molar-refractivity contribution in [2.75, 3.05) is 4.90 Å². The Balaban J connectivity index is 2.05. The number of anilines is 1. The maximum atomic E-state index is 5.89. The zero-order valence-corrected chi connectivity index (χ0v) is 12.7. The first-order chi connectivity index (χ1) is 8.83. The monoisotopic (exact) mass is 276 g/mol. The summed E-state index contributed by atoms with van der Waals surface area (Å²) >= 11 is 5.44. The number of nitrogens with zero attached hydrogens (tertiary/aromatic N) is 2. The van der Waals surface area contributed by atoms with Crippen LogP contribution in [0.1, 0.15) is 34.1 Å². The van der Waals surface area contributed by atoms with E-state index in [0.717, 1.165) is 12.1 Å². The number of thiocarbonyl (C=S) groups is 1. The average Bonchev–Trinajstić information content (AvgIpc) is 2.75. The van der Waals surface area contributed by atoms with E-state index in [1.165, 1.54) is 0 Å². The second-order valence-corrected chi connectivity index (χ2v) is 7.09. The van der Waals surface area contributed by atoms with Gasteiger partial charge in [-0.1, -0.05) is 32.0 Å². The van der Waals surface area contributed by atoms with Crippen molar-refractivity contribution in [2.45, 2.75) is 45.8 Å². The van der Waals surface area contributed by atoms with E-state index in [0.29, 0.717) is 5.17 Å². The molecule has 2 heterocycles. The molecule has 0 saturated carbocycles. The molecule has 0 bridgehead atoms. The fourth-order valence-electron chi connectivity index (χ4n) is 3.62. The Morgan fingerprint density at radius 2 is 1.79 bits per heavy atom. The molecule has 2 fully saturated rings. The first-order valence-corrected chi connectivity index (χ1v) is 7.09. The molecular formula is C15H20N2OS. The van der Waals surface area contributed by atoms with Crippen LogP contribution in [-0.2, 0) is 4.84 Å². The van der Waals surface area contributed by atoms with Crippen molar-refractivity contribution in [1.82, 2.24) is 5.06 Å². The van der Waals surface area contributed by atoms with Gasteiger partial charge in [-0.2, -0.15) is 0 Å². The van der Waals surface area contributed by atoms with Gasteiger partial charge in [-0.05, 0) is 44.6 Å². The molecule has 0 N–H and O–H groups in total. The zero-order chi connectivity index (χ0) is 13.8. The number of hydroxylamine groups is 2. The summed E-state index contributed by atoms with van der Waals surface area (Å²) in [5.41, 5.74) is 1.23. The van der Waals surface area contributed by atoms with Crippen LogP contribution in [0.4, 0.5) is 5.69 Å². The van der Waals surface area contributed by atoms with E-state index in [9.17, 15) is 0 Å². The third-order valence-corrected chi connectivity index (χ3v) is 4.33. The van der Waals surface area contributed by atoms with Gasteiger partial charge < -0.3 is 4.84 Å². The minimum Gasteiger partial charge on any atom is -0.372 e. The minimum absolute atomic E-state index is 0.00174. The molecule has 19 heavy (non-hydrogen) atoms. The van der Waals surface area contributed by atoms with Crippen molar-refractivity contribution >= 4 is 23.1 Å².